The minimum absolute atomic E-state index is 0.183. The average molecular weight is 255 g/mol. The molecule has 0 saturated heterocycles. The predicted molar refractivity (Wildman–Crippen MR) is 67.8 cm³/mol. The Hall–Kier alpha value is -0.860. The van der Waals surface area contributed by atoms with Crippen LogP contribution in [0, 0.1) is 12.7 Å². The van der Waals surface area contributed by atoms with Gasteiger partial charge in [0, 0.05) is 5.56 Å². The van der Waals surface area contributed by atoms with Gasteiger partial charge in [-0.15, -0.1) is 11.6 Å². The van der Waals surface area contributed by atoms with Crippen molar-refractivity contribution < 1.29 is 4.39 Å². The molecule has 2 rings (SSSR count). The number of aryl methyl sites for hydroxylation is 1. The van der Waals surface area contributed by atoms with E-state index >= 15 is 0 Å². The van der Waals surface area contributed by atoms with E-state index < -0.39 is 0 Å². The molecule has 0 fully saturated rings. The second-order valence-corrected chi connectivity index (χ2v) is 5.09. The van der Waals surface area contributed by atoms with Crippen molar-refractivity contribution in [1.82, 2.24) is 0 Å². The van der Waals surface area contributed by atoms with Crippen LogP contribution in [-0.4, -0.2) is 0 Å². The van der Waals surface area contributed by atoms with Crippen LogP contribution < -0.4 is 0 Å². The molecule has 3 heteroatoms. The van der Waals surface area contributed by atoms with Crippen molar-refractivity contribution in [3.05, 3.63) is 57.5 Å². The van der Waals surface area contributed by atoms with E-state index in [0.29, 0.717) is 17.5 Å². The summed E-state index contributed by atoms with van der Waals surface area (Å²) in [5, 5.41) is 3.75. The second-order valence-electron chi connectivity index (χ2n) is 3.78. The third-order valence-corrected chi connectivity index (χ3v) is 3.68. The molecule has 0 amide bonds. The summed E-state index contributed by atoms with van der Waals surface area (Å²) in [5.74, 6) is -0.183. The van der Waals surface area contributed by atoms with Crippen LogP contribution in [0.1, 0.15) is 22.1 Å². The molecule has 0 radical (unpaired) electrons. The Bertz CT molecular complexity index is 465. The predicted octanol–water partition coefficient (Wildman–Crippen LogP) is 4.72. The van der Waals surface area contributed by atoms with Crippen LogP contribution in [-0.2, 0) is 6.42 Å². The van der Waals surface area contributed by atoms with Gasteiger partial charge >= 0.3 is 0 Å². The summed E-state index contributed by atoms with van der Waals surface area (Å²) in [7, 11) is 0. The van der Waals surface area contributed by atoms with Gasteiger partial charge in [0.15, 0.2) is 0 Å². The van der Waals surface area contributed by atoms with Crippen molar-refractivity contribution >= 4 is 22.9 Å². The van der Waals surface area contributed by atoms with Gasteiger partial charge in [-0.3, -0.25) is 0 Å². The summed E-state index contributed by atoms with van der Waals surface area (Å²) in [6, 6.07) is 7.38. The van der Waals surface area contributed by atoms with Crippen molar-refractivity contribution in [3.63, 3.8) is 0 Å². The normalized spacial score (nSPS) is 12.7. The maximum Gasteiger partial charge on any atom is 0.130 e. The van der Waals surface area contributed by atoms with Crippen molar-refractivity contribution in [2.45, 2.75) is 18.7 Å². The molecule has 0 aliphatic heterocycles. The minimum atomic E-state index is -0.297. The highest BCUT2D eigenvalue weighted by molar-refractivity contribution is 7.07. The van der Waals surface area contributed by atoms with Crippen LogP contribution in [0.4, 0.5) is 4.39 Å². The van der Waals surface area contributed by atoms with E-state index in [4.69, 9.17) is 11.6 Å². The van der Waals surface area contributed by atoms with Crippen molar-refractivity contribution in [2.24, 2.45) is 0 Å². The lowest BCUT2D eigenvalue weighted by molar-refractivity contribution is 0.597. The molecule has 0 bridgehead atoms. The van der Waals surface area contributed by atoms with E-state index in [9.17, 15) is 4.39 Å². The Morgan fingerprint density at radius 1 is 1.38 bits per heavy atom. The van der Waals surface area contributed by atoms with Crippen molar-refractivity contribution in [3.8, 4) is 0 Å². The molecule has 0 saturated carbocycles. The lowest BCUT2D eigenvalue weighted by atomic mass is 10.0. The van der Waals surface area contributed by atoms with Gasteiger partial charge in [0.2, 0.25) is 0 Å². The van der Waals surface area contributed by atoms with E-state index in [-0.39, 0.29) is 11.2 Å². The molecule has 84 valence electrons. The third-order valence-electron chi connectivity index (χ3n) is 2.55. The zero-order valence-electron chi connectivity index (χ0n) is 8.91. The van der Waals surface area contributed by atoms with E-state index in [1.54, 1.807) is 30.4 Å². The minimum Gasteiger partial charge on any atom is -0.206 e. The van der Waals surface area contributed by atoms with E-state index in [0.717, 1.165) is 5.56 Å². The molecule has 1 aromatic carbocycles. The standard InChI is InChI=1S/C13H12ClFS/c1-9-3-2-4-11(13(9)15)12(14)7-10-5-6-16-8-10/h2-6,8,12H,7H2,1H3. The maximum atomic E-state index is 13.8. The van der Waals surface area contributed by atoms with Crippen LogP contribution in [0.2, 0.25) is 0 Å². The summed E-state index contributed by atoms with van der Waals surface area (Å²) in [5.41, 5.74) is 2.40. The van der Waals surface area contributed by atoms with Crippen molar-refractivity contribution in [1.29, 1.82) is 0 Å². The highest BCUT2D eigenvalue weighted by Gasteiger charge is 2.14. The molecule has 2 aromatic rings. The van der Waals surface area contributed by atoms with E-state index in [1.807, 2.05) is 22.9 Å². The van der Waals surface area contributed by atoms with E-state index in [1.165, 1.54) is 0 Å². The van der Waals surface area contributed by atoms with Crippen LogP contribution in [0.5, 0.6) is 0 Å². The topological polar surface area (TPSA) is 0 Å². The van der Waals surface area contributed by atoms with Crippen LogP contribution in [0.3, 0.4) is 0 Å². The van der Waals surface area contributed by atoms with Crippen molar-refractivity contribution in [2.75, 3.05) is 0 Å². The largest absolute Gasteiger partial charge is 0.206 e. The van der Waals surface area contributed by atoms with E-state index in [2.05, 4.69) is 0 Å². The SMILES string of the molecule is Cc1cccc(C(Cl)Cc2ccsc2)c1F. The first-order chi connectivity index (χ1) is 7.68. The van der Waals surface area contributed by atoms with Crippen LogP contribution >= 0.6 is 22.9 Å². The molecular formula is C13H12ClFS. The van der Waals surface area contributed by atoms with Gasteiger partial charge in [0.05, 0.1) is 5.38 Å². The number of rotatable bonds is 3. The Morgan fingerprint density at radius 3 is 2.88 bits per heavy atom. The molecule has 0 N–H and O–H groups in total. The maximum absolute atomic E-state index is 13.8. The lowest BCUT2D eigenvalue weighted by Crippen LogP contribution is -1.99. The van der Waals surface area contributed by atoms with Gasteiger partial charge in [-0.05, 0) is 41.3 Å². The number of benzene rings is 1. The summed E-state index contributed by atoms with van der Waals surface area (Å²) in [4.78, 5) is 0. The Labute approximate surface area is 104 Å². The Morgan fingerprint density at radius 2 is 2.19 bits per heavy atom. The summed E-state index contributed by atoms with van der Waals surface area (Å²) >= 11 is 7.87. The van der Waals surface area contributed by atoms with Gasteiger partial charge in [-0.25, -0.2) is 4.39 Å². The molecular weight excluding hydrogens is 243 g/mol. The molecule has 0 aliphatic rings. The molecule has 0 spiro atoms. The molecule has 1 unspecified atom stereocenters. The summed E-state index contributed by atoms with van der Waals surface area (Å²) in [6.07, 6.45) is 0.672. The summed E-state index contributed by atoms with van der Waals surface area (Å²) in [6.45, 7) is 1.76. The first-order valence-electron chi connectivity index (χ1n) is 5.08. The second kappa shape index (κ2) is 4.98. The Kier molecular flexibility index (Phi) is 3.62. The molecule has 1 aromatic heterocycles. The molecule has 1 heterocycles. The zero-order chi connectivity index (χ0) is 11.5. The number of alkyl halides is 1. The first kappa shape index (κ1) is 11.6. The average Bonchev–Trinajstić information content (AvgIpc) is 2.74. The number of hydrogen-bond donors (Lipinski definition) is 0. The van der Waals surface area contributed by atoms with Crippen LogP contribution in [0.25, 0.3) is 0 Å². The Balaban J connectivity index is 2.21. The number of halogens is 2. The lowest BCUT2D eigenvalue weighted by Gasteiger charge is -2.11. The fraction of sp³-hybridized carbons (Fsp3) is 0.231. The van der Waals surface area contributed by atoms with Crippen LogP contribution in [0.15, 0.2) is 35.0 Å². The fourth-order valence-electron chi connectivity index (χ4n) is 1.64. The molecule has 1 atom stereocenters. The first-order valence-corrected chi connectivity index (χ1v) is 6.46. The van der Waals surface area contributed by atoms with Gasteiger partial charge in [-0.1, -0.05) is 18.2 Å². The molecule has 16 heavy (non-hydrogen) atoms. The number of thiophene rings is 1. The fourth-order valence-corrected chi connectivity index (χ4v) is 2.67. The monoisotopic (exact) mass is 254 g/mol. The highest BCUT2D eigenvalue weighted by atomic mass is 35.5. The van der Waals surface area contributed by atoms with Gasteiger partial charge in [-0.2, -0.15) is 11.3 Å². The molecule has 0 aliphatic carbocycles. The smallest absolute Gasteiger partial charge is 0.130 e. The zero-order valence-corrected chi connectivity index (χ0v) is 10.5. The molecule has 0 nitrogen and oxygen atoms in total. The number of hydrogen-bond acceptors (Lipinski definition) is 1. The third kappa shape index (κ3) is 2.45. The van der Waals surface area contributed by atoms with Gasteiger partial charge in [0.1, 0.15) is 5.82 Å². The van der Waals surface area contributed by atoms with Gasteiger partial charge < -0.3 is 0 Å². The van der Waals surface area contributed by atoms with Gasteiger partial charge in [0.25, 0.3) is 0 Å². The quantitative estimate of drug-likeness (QED) is 0.696. The summed E-state index contributed by atoms with van der Waals surface area (Å²) < 4.78 is 13.8. The highest BCUT2D eigenvalue weighted by Crippen LogP contribution is 2.28.